The number of rotatable bonds is 7. The maximum atomic E-state index is 12.9. The maximum absolute atomic E-state index is 12.9. The van der Waals surface area contributed by atoms with E-state index in [9.17, 15) is 17.2 Å². The maximum Gasteiger partial charge on any atom is 0.281 e. The van der Waals surface area contributed by atoms with Crippen molar-refractivity contribution in [3.63, 3.8) is 0 Å². The van der Waals surface area contributed by atoms with E-state index in [1.807, 2.05) is 0 Å². The molecule has 0 bridgehead atoms. The van der Waals surface area contributed by atoms with Crippen molar-refractivity contribution in [1.82, 2.24) is 20.2 Å². The fourth-order valence-electron chi connectivity index (χ4n) is 1.93. The second-order valence-electron chi connectivity index (χ2n) is 4.60. The van der Waals surface area contributed by atoms with Gasteiger partial charge in [-0.3, -0.25) is 0 Å². The molecule has 2 aromatic heterocycles. The van der Waals surface area contributed by atoms with E-state index in [2.05, 4.69) is 15.5 Å². The lowest BCUT2D eigenvalue weighted by atomic mass is 10.3. The van der Waals surface area contributed by atoms with Gasteiger partial charge in [0, 0.05) is 19.7 Å². The van der Waals surface area contributed by atoms with Crippen molar-refractivity contribution < 1.29 is 26.5 Å². The van der Waals surface area contributed by atoms with Gasteiger partial charge in [-0.2, -0.15) is 0 Å². The van der Waals surface area contributed by atoms with E-state index in [0.29, 0.717) is 11.3 Å². The summed E-state index contributed by atoms with van der Waals surface area (Å²) in [4.78, 5) is 0. The van der Waals surface area contributed by atoms with Crippen molar-refractivity contribution in [2.75, 3.05) is 7.11 Å². The highest BCUT2D eigenvalue weighted by molar-refractivity contribution is 7.89. The van der Waals surface area contributed by atoms with Gasteiger partial charge in [0.2, 0.25) is 0 Å². The number of alkyl halides is 2. The van der Waals surface area contributed by atoms with Crippen molar-refractivity contribution in [3.8, 4) is 0 Å². The minimum Gasteiger partial charge on any atom is -0.378 e. The van der Waals surface area contributed by atoms with Crippen LogP contribution in [0.15, 0.2) is 10.8 Å². The van der Waals surface area contributed by atoms with Gasteiger partial charge >= 0.3 is 0 Å². The Balaban J connectivity index is 2.20. The quantitative estimate of drug-likeness (QED) is 0.743. The Hall–Kier alpha value is -1.88. The summed E-state index contributed by atoms with van der Waals surface area (Å²) in [5.74, 6) is -1.05. The fraction of sp³-hybridized carbons (Fsp3) is 0.545. The average molecular weight is 336 g/mol. The molecule has 0 atom stereocenters. The molecule has 0 N–H and O–H groups in total. The van der Waals surface area contributed by atoms with Crippen molar-refractivity contribution in [3.05, 3.63) is 28.9 Å². The monoisotopic (exact) mass is 336 g/mol. The third-order valence-electron chi connectivity index (χ3n) is 2.89. The van der Waals surface area contributed by atoms with Gasteiger partial charge in [0.15, 0.2) is 9.84 Å². The van der Waals surface area contributed by atoms with Crippen LogP contribution in [0, 0.1) is 0 Å². The molecule has 0 spiro atoms. The van der Waals surface area contributed by atoms with E-state index in [0.717, 1.165) is 4.68 Å². The summed E-state index contributed by atoms with van der Waals surface area (Å²) in [5, 5.41) is 10.6. The number of ether oxygens (including phenoxy) is 1. The van der Waals surface area contributed by atoms with Crippen molar-refractivity contribution >= 4 is 9.84 Å². The Bertz CT molecular complexity index is 741. The highest BCUT2D eigenvalue weighted by Crippen LogP contribution is 2.23. The first-order valence-corrected chi connectivity index (χ1v) is 7.94. The van der Waals surface area contributed by atoms with Gasteiger partial charge in [0.1, 0.15) is 23.3 Å². The topological polar surface area (TPSA) is 100 Å². The highest BCUT2D eigenvalue weighted by Gasteiger charge is 2.26. The molecule has 2 aromatic rings. The van der Waals surface area contributed by atoms with Gasteiger partial charge in [-0.1, -0.05) is 10.4 Å². The van der Waals surface area contributed by atoms with Crippen LogP contribution in [0.5, 0.6) is 0 Å². The van der Waals surface area contributed by atoms with Crippen LogP contribution in [-0.2, 0) is 39.7 Å². The van der Waals surface area contributed by atoms with E-state index in [-0.39, 0.29) is 12.3 Å². The first-order valence-electron chi connectivity index (χ1n) is 6.12. The Morgan fingerprint density at radius 2 is 2.09 bits per heavy atom. The number of aromatic nitrogens is 4. The molecule has 0 amide bonds. The molecule has 122 valence electrons. The van der Waals surface area contributed by atoms with Gasteiger partial charge in [-0.15, -0.1) is 5.10 Å². The highest BCUT2D eigenvalue weighted by atomic mass is 32.2. The lowest BCUT2D eigenvalue weighted by Crippen LogP contribution is -2.11. The largest absolute Gasteiger partial charge is 0.378 e. The molecule has 11 heteroatoms. The minimum absolute atomic E-state index is 0.0920. The predicted molar refractivity (Wildman–Crippen MR) is 69.5 cm³/mol. The summed E-state index contributed by atoms with van der Waals surface area (Å²) in [6.45, 7) is 0.0920. The molecule has 0 saturated carbocycles. The molecule has 0 saturated heterocycles. The second-order valence-corrected chi connectivity index (χ2v) is 6.66. The summed E-state index contributed by atoms with van der Waals surface area (Å²) in [7, 11) is -1.03. The summed E-state index contributed by atoms with van der Waals surface area (Å²) in [6.07, 6.45) is -1.67. The zero-order valence-electron chi connectivity index (χ0n) is 11.9. The Kier molecular flexibility index (Phi) is 4.86. The molecule has 0 fully saturated rings. The standard InChI is InChI=1S/C11H14F2N4O4S/c1-17-10(11(12)13)9(14-16-17)6-22(18,19)5-7-3-21-15-8(7)4-20-2/h3,11H,4-6H2,1-2H3. The van der Waals surface area contributed by atoms with Gasteiger partial charge in [0.05, 0.1) is 18.1 Å². The number of sulfone groups is 1. The van der Waals surface area contributed by atoms with Crippen LogP contribution in [0.2, 0.25) is 0 Å². The molecule has 0 radical (unpaired) electrons. The van der Waals surface area contributed by atoms with Crippen LogP contribution in [-0.4, -0.2) is 35.7 Å². The molecule has 2 rings (SSSR count). The molecule has 22 heavy (non-hydrogen) atoms. The van der Waals surface area contributed by atoms with Crippen LogP contribution in [0.25, 0.3) is 0 Å². The molecule has 2 heterocycles. The average Bonchev–Trinajstić information content (AvgIpc) is 2.96. The number of hydrogen-bond acceptors (Lipinski definition) is 7. The zero-order chi connectivity index (χ0) is 16.3. The number of nitrogens with zero attached hydrogens (tertiary/aromatic N) is 4. The van der Waals surface area contributed by atoms with E-state index in [1.165, 1.54) is 20.4 Å². The number of aryl methyl sites for hydroxylation is 1. The summed E-state index contributed by atoms with van der Waals surface area (Å²) >= 11 is 0. The third-order valence-corrected chi connectivity index (χ3v) is 4.36. The van der Waals surface area contributed by atoms with Gasteiger partial charge in [-0.05, 0) is 0 Å². The lowest BCUT2D eigenvalue weighted by Gasteiger charge is -2.05. The predicted octanol–water partition coefficient (Wildman–Crippen LogP) is 1.00. The SMILES string of the molecule is COCc1nocc1CS(=O)(=O)Cc1nnn(C)c1C(F)F. The molecule has 8 nitrogen and oxygen atoms in total. The normalized spacial score (nSPS) is 12.2. The summed E-state index contributed by atoms with van der Waals surface area (Å²) in [6, 6.07) is 0. The zero-order valence-corrected chi connectivity index (χ0v) is 12.7. The van der Waals surface area contributed by atoms with Crippen molar-refractivity contribution in [2.45, 2.75) is 24.5 Å². The van der Waals surface area contributed by atoms with Crippen LogP contribution >= 0.6 is 0 Å². The third kappa shape index (κ3) is 3.65. The van der Waals surface area contributed by atoms with E-state index in [4.69, 9.17) is 9.26 Å². The molecule has 0 aromatic carbocycles. The van der Waals surface area contributed by atoms with Gasteiger partial charge < -0.3 is 9.26 Å². The van der Waals surface area contributed by atoms with Gasteiger partial charge in [0.25, 0.3) is 6.43 Å². The Labute approximate surface area is 125 Å². The smallest absolute Gasteiger partial charge is 0.281 e. The van der Waals surface area contributed by atoms with Crippen LogP contribution in [0.3, 0.4) is 0 Å². The van der Waals surface area contributed by atoms with Gasteiger partial charge in [-0.25, -0.2) is 21.9 Å². The Morgan fingerprint density at radius 1 is 1.36 bits per heavy atom. The minimum atomic E-state index is -3.75. The molecular weight excluding hydrogens is 322 g/mol. The summed E-state index contributed by atoms with van der Waals surface area (Å²) in [5.41, 5.74) is -0.100. The van der Waals surface area contributed by atoms with Crippen LogP contribution < -0.4 is 0 Å². The Morgan fingerprint density at radius 3 is 2.73 bits per heavy atom. The molecule has 0 unspecified atom stereocenters. The molecule has 0 aliphatic carbocycles. The number of hydrogen-bond donors (Lipinski definition) is 0. The first kappa shape index (κ1) is 16.5. The molecule has 0 aliphatic heterocycles. The first-order chi connectivity index (χ1) is 10.3. The van der Waals surface area contributed by atoms with E-state index in [1.54, 1.807) is 0 Å². The van der Waals surface area contributed by atoms with Crippen LogP contribution in [0.1, 0.15) is 29.1 Å². The number of methoxy groups -OCH3 is 1. The summed E-state index contributed by atoms with van der Waals surface area (Å²) < 4.78 is 60.6. The second kappa shape index (κ2) is 6.48. The van der Waals surface area contributed by atoms with E-state index < -0.39 is 33.5 Å². The molecule has 0 aliphatic rings. The van der Waals surface area contributed by atoms with Crippen molar-refractivity contribution in [2.24, 2.45) is 7.05 Å². The van der Waals surface area contributed by atoms with Crippen LogP contribution in [0.4, 0.5) is 8.78 Å². The fourth-order valence-corrected chi connectivity index (χ4v) is 3.36. The molecular formula is C11H14F2N4O4S. The number of halogens is 2. The van der Waals surface area contributed by atoms with Crippen molar-refractivity contribution in [1.29, 1.82) is 0 Å². The van der Waals surface area contributed by atoms with E-state index >= 15 is 0 Å². The lowest BCUT2D eigenvalue weighted by molar-refractivity contribution is 0.140.